The summed E-state index contributed by atoms with van der Waals surface area (Å²) in [7, 11) is 0. The third-order valence-corrected chi connectivity index (χ3v) is 4.11. The number of hydrogen-bond donors (Lipinski definition) is 1. The van der Waals surface area contributed by atoms with Crippen LogP contribution in [0.15, 0.2) is 46.9 Å². The molecule has 0 bridgehead atoms. The van der Waals surface area contributed by atoms with Crippen LogP contribution in [-0.2, 0) is 0 Å². The fourth-order valence-corrected chi connectivity index (χ4v) is 3.09. The van der Waals surface area contributed by atoms with Gasteiger partial charge in [-0.3, -0.25) is 0 Å². The van der Waals surface area contributed by atoms with Crippen LogP contribution in [-0.4, -0.2) is 6.04 Å². The number of rotatable bonds is 3. The minimum absolute atomic E-state index is 0.101. The lowest BCUT2D eigenvalue weighted by Crippen LogP contribution is -2.09. The molecule has 0 saturated carbocycles. The second-order valence-corrected chi connectivity index (χ2v) is 5.87. The van der Waals surface area contributed by atoms with Gasteiger partial charge in [0.1, 0.15) is 0 Å². The molecule has 1 unspecified atom stereocenters. The average Bonchev–Trinajstić information content (AvgIpc) is 2.75. The zero-order valence-corrected chi connectivity index (χ0v) is 12.0. The van der Waals surface area contributed by atoms with Crippen LogP contribution in [0.25, 0.3) is 16.5 Å². The summed E-state index contributed by atoms with van der Waals surface area (Å²) < 4.78 is 1.13. The van der Waals surface area contributed by atoms with E-state index in [-0.39, 0.29) is 6.04 Å². The Bertz CT molecular complexity index is 529. The first-order valence-electron chi connectivity index (χ1n) is 5.45. The van der Waals surface area contributed by atoms with E-state index >= 15 is 0 Å². The molecule has 1 aromatic heterocycles. The summed E-state index contributed by atoms with van der Waals surface area (Å²) in [6.45, 7) is 1.97. The highest BCUT2D eigenvalue weighted by molar-refractivity contribution is 9.10. The molecule has 1 nitrogen and oxygen atoms in total. The Hall–Kier alpha value is -0.900. The van der Waals surface area contributed by atoms with Crippen molar-refractivity contribution >= 4 is 33.3 Å². The first-order chi connectivity index (χ1) is 8.16. The second kappa shape index (κ2) is 5.63. The van der Waals surface area contributed by atoms with Crippen LogP contribution in [0, 0.1) is 0 Å². The topological polar surface area (TPSA) is 26.0 Å². The molecule has 2 rings (SSSR count). The van der Waals surface area contributed by atoms with E-state index in [4.69, 9.17) is 5.73 Å². The van der Waals surface area contributed by atoms with E-state index < -0.39 is 0 Å². The standard InChI is InChI=1S/C14H14BrNS/c1-10(16)6-7-11-8-9-14(17-11)12-4-2-3-5-13(12)15/h2-10H,16H2,1H3/b7-6+. The highest BCUT2D eigenvalue weighted by Crippen LogP contribution is 2.33. The van der Waals surface area contributed by atoms with Gasteiger partial charge < -0.3 is 5.73 Å². The van der Waals surface area contributed by atoms with Gasteiger partial charge in [0.25, 0.3) is 0 Å². The Morgan fingerprint density at radius 1 is 1.24 bits per heavy atom. The van der Waals surface area contributed by atoms with Crippen molar-refractivity contribution in [1.82, 2.24) is 0 Å². The van der Waals surface area contributed by atoms with Gasteiger partial charge in [-0.1, -0.05) is 40.2 Å². The number of nitrogens with two attached hydrogens (primary N) is 1. The van der Waals surface area contributed by atoms with Gasteiger partial charge in [0.15, 0.2) is 0 Å². The highest BCUT2D eigenvalue weighted by atomic mass is 79.9. The summed E-state index contributed by atoms with van der Waals surface area (Å²) in [5.74, 6) is 0. The van der Waals surface area contributed by atoms with Crippen molar-refractivity contribution in [2.75, 3.05) is 0 Å². The lowest BCUT2D eigenvalue weighted by Gasteiger charge is -1.99. The largest absolute Gasteiger partial charge is 0.325 e. The van der Waals surface area contributed by atoms with E-state index in [1.165, 1.54) is 15.3 Å². The summed E-state index contributed by atoms with van der Waals surface area (Å²) in [4.78, 5) is 2.50. The summed E-state index contributed by atoms with van der Waals surface area (Å²) in [6, 6.07) is 12.6. The van der Waals surface area contributed by atoms with Gasteiger partial charge in [0.2, 0.25) is 0 Å². The number of benzene rings is 1. The summed E-state index contributed by atoms with van der Waals surface area (Å²) in [5, 5.41) is 0. The molecular weight excluding hydrogens is 294 g/mol. The first-order valence-corrected chi connectivity index (χ1v) is 7.06. The van der Waals surface area contributed by atoms with Crippen molar-refractivity contribution in [2.24, 2.45) is 5.73 Å². The molecule has 3 heteroatoms. The average molecular weight is 308 g/mol. The number of hydrogen-bond acceptors (Lipinski definition) is 2. The van der Waals surface area contributed by atoms with Crippen LogP contribution in [0.3, 0.4) is 0 Å². The molecule has 0 aliphatic rings. The third-order valence-electron chi connectivity index (χ3n) is 2.33. The van der Waals surface area contributed by atoms with Crippen molar-refractivity contribution in [3.05, 3.63) is 51.8 Å². The molecule has 88 valence electrons. The Labute approximate surface area is 114 Å². The van der Waals surface area contributed by atoms with Gasteiger partial charge in [-0.15, -0.1) is 11.3 Å². The van der Waals surface area contributed by atoms with Crippen molar-refractivity contribution in [1.29, 1.82) is 0 Å². The van der Waals surface area contributed by atoms with Gasteiger partial charge in [-0.05, 0) is 31.2 Å². The zero-order valence-electron chi connectivity index (χ0n) is 9.56. The smallest absolute Gasteiger partial charge is 0.0360 e. The summed E-state index contributed by atoms with van der Waals surface area (Å²) in [5.41, 5.74) is 6.93. The van der Waals surface area contributed by atoms with Gasteiger partial charge in [-0.25, -0.2) is 0 Å². The fourth-order valence-electron chi connectivity index (χ4n) is 1.49. The maximum atomic E-state index is 5.69. The van der Waals surface area contributed by atoms with Crippen LogP contribution in [0.5, 0.6) is 0 Å². The maximum absolute atomic E-state index is 5.69. The van der Waals surface area contributed by atoms with Crippen molar-refractivity contribution in [2.45, 2.75) is 13.0 Å². The molecule has 0 saturated heterocycles. The molecule has 0 spiro atoms. The van der Waals surface area contributed by atoms with Gasteiger partial charge in [-0.2, -0.15) is 0 Å². The normalized spacial score (nSPS) is 13.1. The molecule has 0 radical (unpaired) electrons. The highest BCUT2D eigenvalue weighted by Gasteiger charge is 2.04. The molecule has 1 aromatic carbocycles. The zero-order chi connectivity index (χ0) is 12.3. The predicted molar refractivity (Wildman–Crippen MR) is 80.1 cm³/mol. The van der Waals surface area contributed by atoms with Crippen molar-refractivity contribution in [3.8, 4) is 10.4 Å². The van der Waals surface area contributed by atoms with Crippen molar-refractivity contribution < 1.29 is 0 Å². The van der Waals surface area contributed by atoms with E-state index in [0.717, 1.165) is 4.47 Å². The third kappa shape index (κ3) is 3.28. The Morgan fingerprint density at radius 2 is 2.00 bits per heavy atom. The molecule has 1 heterocycles. The minimum Gasteiger partial charge on any atom is -0.325 e. The van der Waals surface area contributed by atoms with Crippen LogP contribution < -0.4 is 5.73 Å². The molecule has 0 amide bonds. The molecule has 0 aliphatic heterocycles. The lowest BCUT2D eigenvalue weighted by molar-refractivity contribution is 0.931. The van der Waals surface area contributed by atoms with Gasteiger partial charge >= 0.3 is 0 Å². The Kier molecular flexibility index (Phi) is 4.15. The Balaban J connectivity index is 2.27. The second-order valence-electron chi connectivity index (χ2n) is 3.90. The Morgan fingerprint density at radius 3 is 2.71 bits per heavy atom. The molecule has 17 heavy (non-hydrogen) atoms. The van der Waals surface area contributed by atoms with Crippen LogP contribution in [0.2, 0.25) is 0 Å². The summed E-state index contributed by atoms with van der Waals surface area (Å²) >= 11 is 5.34. The van der Waals surface area contributed by atoms with Gasteiger partial charge in [0.05, 0.1) is 0 Å². The van der Waals surface area contributed by atoms with Crippen LogP contribution >= 0.6 is 27.3 Å². The molecule has 1 atom stereocenters. The van der Waals surface area contributed by atoms with Crippen LogP contribution in [0.4, 0.5) is 0 Å². The fraction of sp³-hybridized carbons (Fsp3) is 0.143. The molecule has 0 fully saturated rings. The quantitative estimate of drug-likeness (QED) is 0.885. The van der Waals surface area contributed by atoms with Crippen molar-refractivity contribution in [3.63, 3.8) is 0 Å². The van der Waals surface area contributed by atoms with E-state index in [0.29, 0.717) is 0 Å². The van der Waals surface area contributed by atoms with Gasteiger partial charge in [0, 0.05) is 25.8 Å². The van der Waals surface area contributed by atoms with E-state index in [9.17, 15) is 0 Å². The SMILES string of the molecule is CC(N)/C=C/c1ccc(-c2ccccc2Br)s1. The molecule has 0 aliphatic carbocycles. The summed E-state index contributed by atoms with van der Waals surface area (Å²) in [6.07, 6.45) is 4.09. The number of halogens is 1. The molecule has 2 aromatic rings. The number of thiophene rings is 1. The minimum atomic E-state index is 0.101. The van der Waals surface area contributed by atoms with E-state index in [2.05, 4.69) is 52.3 Å². The predicted octanol–water partition coefficient (Wildman–Crippen LogP) is 4.54. The van der Waals surface area contributed by atoms with Crippen LogP contribution in [0.1, 0.15) is 11.8 Å². The monoisotopic (exact) mass is 307 g/mol. The first kappa shape index (κ1) is 12.6. The van der Waals surface area contributed by atoms with E-state index in [1.54, 1.807) is 11.3 Å². The molecule has 2 N–H and O–H groups in total. The maximum Gasteiger partial charge on any atom is 0.0360 e. The van der Waals surface area contributed by atoms with E-state index in [1.807, 2.05) is 19.1 Å². The molecular formula is C14H14BrNS. The lowest BCUT2D eigenvalue weighted by atomic mass is 10.2.